The fourth-order valence-corrected chi connectivity index (χ4v) is 3.25. The van der Waals surface area contributed by atoms with Crippen LogP contribution >= 0.6 is 15.9 Å². The van der Waals surface area contributed by atoms with Gasteiger partial charge < -0.3 is 10.4 Å². The molecule has 9 heteroatoms. The molecule has 0 saturated heterocycles. The Labute approximate surface area is 129 Å². The van der Waals surface area contributed by atoms with E-state index in [1.54, 1.807) is 24.3 Å². The molecule has 0 aliphatic carbocycles. The molecule has 0 radical (unpaired) electrons. The molecule has 1 amide bonds. The molecule has 2 N–H and O–H groups in total. The maximum atomic E-state index is 12.3. The lowest BCUT2D eigenvalue weighted by atomic mass is 10.2. The fourth-order valence-electron chi connectivity index (χ4n) is 1.53. The van der Waals surface area contributed by atoms with Crippen molar-refractivity contribution < 1.29 is 27.5 Å². The minimum absolute atomic E-state index is 0.368. The van der Waals surface area contributed by atoms with Gasteiger partial charge in [-0.3, -0.25) is 4.79 Å². The minimum Gasteiger partial charge on any atom is -0.480 e. The van der Waals surface area contributed by atoms with E-state index >= 15 is 0 Å². The van der Waals surface area contributed by atoms with Gasteiger partial charge in [-0.1, -0.05) is 28.1 Å². The molecule has 0 aromatic heterocycles. The third-order valence-corrected chi connectivity index (χ3v) is 4.38. The summed E-state index contributed by atoms with van der Waals surface area (Å²) >= 11 is 3.20. The molecule has 1 rings (SSSR count). The molecular formula is C12H13BrFNO5S. The SMILES string of the molecule is O=C(CS(=O)(=O)Cc1cccc(Br)c1)NC(CF)C(=O)O. The molecule has 0 spiro atoms. The summed E-state index contributed by atoms with van der Waals surface area (Å²) in [6.07, 6.45) is 0. The summed E-state index contributed by atoms with van der Waals surface area (Å²) in [6.45, 7) is -1.31. The zero-order valence-electron chi connectivity index (χ0n) is 10.8. The number of carbonyl (C=O) groups excluding carboxylic acids is 1. The van der Waals surface area contributed by atoms with E-state index in [2.05, 4.69) is 15.9 Å². The Morgan fingerprint density at radius 1 is 1.38 bits per heavy atom. The highest BCUT2D eigenvalue weighted by molar-refractivity contribution is 9.10. The Morgan fingerprint density at radius 2 is 2.05 bits per heavy atom. The molecule has 1 aromatic rings. The van der Waals surface area contributed by atoms with Crippen LogP contribution in [0.15, 0.2) is 28.7 Å². The second-order valence-electron chi connectivity index (χ2n) is 4.27. The van der Waals surface area contributed by atoms with Crippen molar-refractivity contribution in [1.29, 1.82) is 0 Å². The van der Waals surface area contributed by atoms with Crippen molar-refractivity contribution in [3.05, 3.63) is 34.3 Å². The van der Waals surface area contributed by atoms with E-state index in [0.29, 0.717) is 10.0 Å². The number of amides is 1. The number of sulfone groups is 1. The zero-order chi connectivity index (χ0) is 16.0. The van der Waals surface area contributed by atoms with Gasteiger partial charge in [0.05, 0.1) is 5.75 Å². The summed E-state index contributed by atoms with van der Waals surface area (Å²) in [6, 6.07) is 4.82. The van der Waals surface area contributed by atoms with Gasteiger partial charge in [0, 0.05) is 4.47 Å². The van der Waals surface area contributed by atoms with Gasteiger partial charge >= 0.3 is 5.97 Å². The molecule has 0 aliphatic rings. The molecule has 0 heterocycles. The van der Waals surface area contributed by atoms with Gasteiger partial charge in [0.25, 0.3) is 0 Å². The van der Waals surface area contributed by atoms with Crippen LogP contribution in [0.3, 0.4) is 0 Å². The number of aliphatic carboxylic acids is 1. The first-order valence-electron chi connectivity index (χ1n) is 5.76. The predicted molar refractivity (Wildman–Crippen MR) is 77.2 cm³/mol. The Balaban J connectivity index is 2.68. The highest BCUT2D eigenvalue weighted by Gasteiger charge is 2.23. The van der Waals surface area contributed by atoms with E-state index in [9.17, 15) is 22.4 Å². The summed E-state index contributed by atoms with van der Waals surface area (Å²) < 4.78 is 36.7. The topological polar surface area (TPSA) is 101 Å². The largest absolute Gasteiger partial charge is 0.480 e. The Kier molecular flexibility index (Phi) is 6.28. The second-order valence-corrected chi connectivity index (χ2v) is 7.25. The average Bonchev–Trinajstić information content (AvgIpc) is 2.34. The molecule has 1 aromatic carbocycles. The molecular weight excluding hydrogens is 369 g/mol. The normalized spacial score (nSPS) is 12.7. The van der Waals surface area contributed by atoms with Crippen molar-refractivity contribution >= 4 is 37.6 Å². The standard InChI is InChI=1S/C12H13BrFNO5S/c13-9-3-1-2-8(4-9)6-21(19,20)7-11(16)15-10(5-14)12(17)18/h1-4,10H,5-7H2,(H,15,16)(H,17,18). The van der Waals surface area contributed by atoms with Gasteiger partial charge in [-0.25, -0.2) is 17.6 Å². The van der Waals surface area contributed by atoms with E-state index in [1.165, 1.54) is 0 Å². The van der Waals surface area contributed by atoms with Crippen LogP contribution in [-0.4, -0.2) is 43.9 Å². The lowest BCUT2D eigenvalue weighted by Gasteiger charge is -2.11. The van der Waals surface area contributed by atoms with Crippen molar-refractivity contribution in [2.45, 2.75) is 11.8 Å². The Bertz CT molecular complexity index is 634. The van der Waals surface area contributed by atoms with E-state index < -0.39 is 40.2 Å². The molecule has 116 valence electrons. The number of alkyl halides is 1. The molecule has 0 bridgehead atoms. The third-order valence-electron chi connectivity index (χ3n) is 2.41. The first kappa shape index (κ1) is 17.6. The monoisotopic (exact) mass is 381 g/mol. The predicted octanol–water partition coefficient (Wildman–Crippen LogP) is 0.903. The van der Waals surface area contributed by atoms with Crippen molar-refractivity contribution in [3.63, 3.8) is 0 Å². The van der Waals surface area contributed by atoms with Crippen LogP contribution in [0, 0.1) is 0 Å². The number of carboxylic acid groups (broad SMARTS) is 1. The number of hydrogen-bond acceptors (Lipinski definition) is 4. The number of carbonyl (C=O) groups is 2. The third kappa shape index (κ3) is 6.21. The molecule has 6 nitrogen and oxygen atoms in total. The quantitative estimate of drug-likeness (QED) is 0.730. The van der Waals surface area contributed by atoms with E-state index in [1.807, 2.05) is 5.32 Å². The maximum Gasteiger partial charge on any atom is 0.328 e. The van der Waals surface area contributed by atoms with E-state index in [-0.39, 0.29) is 5.75 Å². The lowest BCUT2D eigenvalue weighted by Crippen LogP contribution is -2.44. The highest BCUT2D eigenvalue weighted by atomic mass is 79.9. The molecule has 0 fully saturated rings. The van der Waals surface area contributed by atoms with Crippen LogP contribution in [0.1, 0.15) is 5.56 Å². The average molecular weight is 382 g/mol. The number of carboxylic acids is 1. The number of nitrogens with one attached hydrogen (secondary N) is 1. The summed E-state index contributed by atoms with van der Waals surface area (Å²) in [5.74, 6) is -3.87. The number of halogens is 2. The van der Waals surface area contributed by atoms with Crippen LogP contribution in [-0.2, 0) is 25.2 Å². The highest BCUT2D eigenvalue weighted by Crippen LogP contribution is 2.14. The number of rotatable bonds is 7. The number of hydrogen-bond donors (Lipinski definition) is 2. The number of benzene rings is 1. The van der Waals surface area contributed by atoms with Crippen molar-refractivity contribution in [3.8, 4) is 0 Å². The summed E-state index contributed by atoms with van der Waals surface area (Å²) in [4.78, 5) is 22.0. The second kappa shape index (κ2) is 7.51. The van der Waals surface area contributed by atoms with Gasteiger partial charge in [0.15, 0.2) is 15.9 Å². The van der Waals surface area contributed by atoms with E-state index in [0.717, 1.165) is 0 Å². The van der Waals surface area contributed by atoms with Crippen molar-refractivity contribution in [2.75, 3.05) is 12.4 Å². The Morgan fingerprint density at radius 3 is 2.57 bits per heavy atom. The van der Waals surface area contributed by atoms with Crippen molar-refractivity contribution in [1.82, 2.24) is 5.32 Å². The summed E-state index contributed by atoms with van der Waals surface area (Å²) in [5.41, 5.74) is 0.484. The van der Waals surface area contributed by atoms with E-state index in [4.69, 9.17) is 5.11 Å². The molecule has 21 heavy (non-hydrogen) atoms. The lowest BCUT2D eigenvalue weighted by molar-refractivity contribution is -0.141. The zero-order valence-corrected chi connectivity index (χ0v) is 13.2. The maximum absolute atomic E-state index is 12.3. The fraction of sp³-hybridized carbons (Fsp3) is 0.333. The molecule has 1 unspecified atom stereocenters. The van der Waals surface area contributed by atoms with Gasteiger partial charge in [-0.05, 0) is 17.7 Å². The summed E-state index contributed by atoms with van der Waals surface area (Å²) in [5, 5.41) is 10.4. The Hall–Kier alpha value is -1.48. The minimum atomic E-state index is -3.78. The molecule has 0 aliphatic heterocycles. The van der Waals surface area contributed by atoms with Crippen LogP contribution in [0.5, 0.6) is 0 Å². The van der Waals surface area contributed by atoms with Gasteiger partial charge in [-0.15, -0.1) is 0 Å². The summed E-state index contributed by atoms with van der Waals surface area (Å²) in [7, 11) is -3.78. The molecule has 0 saturated carbocycles. The van der Waals surface area contributed by atoms with Crippen LogP contribution in [0.25, 0.3) is 0 Å². The van der Waals surface area contributed by atoms with Crippen LogP contribution < -0.4 is 5.32 Å². The smallest absolute Gasteiger partial charge is 0.328 e. The van der Waals surface area contributed by atoms with Gasteiger partial charge in [0.1, 0.15) is 12.4 Å². The molecule has 1 atom stereocenters. The first-order chi connectivity index (χ1) is 9.73. The first-order valence-corrected chi connectivity index (χ1v) is 8.38. The van der Waals surface area contributed by atoms with Gasteiger partial charge in [-0.2, -0.15) is 0 Å². The van der Waals surface area contributed by atoms with Crippen LogP contribution in [0.2, 0.25) is 0 Å². The van der Waals surface area contributed by atoms with Gasteiger partial charge in [0.2, 0.25) is 5.91 Å². The van der Waals surface area contributed by atoms with Crippen LogP contribution in [0.4, 0.5) is 4.39 Å². The van der Waals surface area contributed by atoms with Crippen molar-refractivity contribution in [2.24, 2.45) is 0 Å².